The molecule has 16 heteroatoms. The van der Waals surface area contributed by atoms with Gasteiger partial charge < -0.3 is 15.3 Å². The lowest BCUT2D eigenvalue weighted by atomic mass is 9.91. The monoisotopic (exact) mass is 676 g/mol. The van der Waals surface area contributed by atoms with Crippen LogP contribution in [0.15, 0.2) is 93.3 Å². The molecule has 1 atom stereocenters. The van der Waals surface area contributed by atoms with Crippen LogP contribution in [0.25, 0.3) is 0 Å². The number of hydrogen-bond donors (Lipinski definition) is 2. The quantitative estimate of drug-likeness (QED) is 0.273. The van der Waals surface area contributed by atoms with Gasteiger partial charge in [0.1, 0.15) is 5.82 Å². The second kappa shape index (κ2) is 13.5. The molecule has 238 valence electrons. The topological polar surface area (TPSA) is 152 Å². The molecule has 0 spiro atoms. The van der Waals surface area contributed by atoms with Crippen LogP contribution in [-0.2, 0) is 20.0 Å². The van der Waals surface area contributed by atoms with Crippen molar-refractivity contribution < 1.29 is 31.1 Å². The van der Waals surface area contributed by atoms with Crippen molar-refractivity contribution in [1.29, 1.82) is 0 Å². The number of hydrogen-bond acceptors (Lipinski definition) is 6. The highest BCUT2D eigenvalue weighted by Crippen LogP contribution is 2.30. The average molecular weight is 677 g/mol. The Morgan fingerprint density at radius 2 is 1.60 bits per heavy atom. The number of halogens is 2. The van der Waals surface area contributed by atoms with Crippen LogP contribution >= 0.6 is 11.6 Å². The molecule has 1 amide bonds. The zero-order valence-corrected chi connectivity index (χ0v) is 26.2. The molecule has 2 heterocycles. The first kappa shape index (κ1) is 32.3. The van der Waals surface area contributed by atoms with Gasteiger partial charge in [-0.3, -0.25) is 0 Å². The number of sulfonamides is 2. The molecular formula is C29H30ClFN6O6S2. The van der Waals surface area contributed by atoms with E-state index >= 15 is 0 Å². The fraction of sp³-hybridized carbons (Fsp3) is 0.276. The highest BCUT2D eigenvalue weighted by Gasteiger charge is 2.33. The van der Waals surface area contributed by atoms with E-state index in [-0.39, 0.29) is 56.0 Å². The standard InChI is InChI=1S/C29H30ClFN6O6S2/c30-23-8-6-22(7-9-23)27-26(21-4-2-1-3-5-21)20-37(33-27)28(34-45(42,43)25-12-10-24(31)11-13-25)32-14-19-44(40,41)36-17-15-35(16-18-36)29(38)39/h1-13,26H,14-20H2,(H,32,34)(H,38,39). The summed E-state index contributed by atoms with van der Waals surface area (Å²) in [5.41, 5.74) is 2.28. The Morgan fingerprint density at radius 1 is 0.956 bits per heavy atom. The van der Waals surface area contributed by atoms with Gasteiger partial charge in [0.05, 0.1) is 22.9 Å². The van der Waals surface area contributed by atoms with E-state index in [1.807, 2.05) is 30.3 Å². The highest BCUT2D eigenvalue weighted by atomic mass is 35.5. The van der Waals surface area contributed by atoms with E-state index in [4.69, 9.17) is 21.8 Å². The summed E-state index contributed by atoms with van der Waals surface area (Å²) in [7, 11) is -8.20. The van der Waals surface area contributed by atoms with Gasteiger partial charge in [-0.1, -0.05) is 54.1 Å². The molecule has 1 saturated heterocycles. The Labute approximate surface area is 265 Å². The minimum atomic E-state index is -4.37. The van der Waals surface area contributed by atoms with Crippen LogP contribution in [0.5, 0.6) is 0 Å². The van der Waals surface area contributed by atoms with Crippen LogP contribution in [0.1, 0.15) is 17.0 Å². The largest absolute Gasteiger partial charge is 0.465 e. The third kappa shape index (κ3) is 7.79. The number of guanidine groups is 1. The number of nitrogens with one attached hydrogen (secondary N) is 1. The van der Waals surface area contributed by atoms with Gasteiger partial charge in [-0.25, -0.2) is 22.6 Å². The zero-order chi connectivity index (χ0) is 32.2. The molecule has 1 fully saturated rings. The van der Waals surface area contributed by atoms with Gasteiger partial charge in [0, 0.05) is 43.7 Å². The summed E-state index contributed by atoms with van der Waals surface area (Å²) in [6.07, 6.45) is -1.12. The molecule has 0 bridgehead atoms. The number of nitrogens with zero attached hydrogens (tertiary/aromatic N) is 5. The van der Waals surface area contributed by atoms with Gasteiger partial charge in [-0.05, 0) is 47.5 Å². The molecule has 2 aliphatic heterocycles. The van der Waals surface area contributed by atoms with E-state index in [0.29, 0.717) is 10.7 Å². The van der Waals surface area contributed by atoms with Crippen LogP contribution in [0.4, 0.5) is 9.18 Å². The predicted octanol–water partition coefficient (Wildman–Crippen LogP) is 3.24. The molecule has 0 aromatic heterocycles. The number of amides is 1. The van der Waals surface area contributed by atoms with Gasteiger partial charge in [0.15, 0.2) is 0 Å². The number of carboxylic acid groups (broad SMARTS) is 1. The number of carbonyl (C=O) groups is 1. The Morgan fingerprint density at radius 3 is 2.22 bits per heavy atom. The van der Waals surface area contributed by atoms with Crippen LogP contribution in [0.3, 0.4) is 0 Å². The smallest absolute Gasteiger partial charge is 0.407 e. The van der Waals surface area contributed by atoms with Crippen LogP contribution < -0.4 is 5.32 Å². The van der Waals surface area contributed by atoms with Crippen LogP contribution in [0, 0.1) is 5.82 Å². The lowest BCUT2D eigenvalue weighted by Gasteiger charge is -2.32. The summed E-state index contributed by atoms with van der Waals surface area (Å²) >= 11 is 6.11. The van der Waals surface area contributed by atoms with Gasteiger partial charge in [-0.15, -0.1) is 4.40 Å². The molecule has 0 aliphatic carbocycles. The van der Waals surface area contributed by atoms with E-state index in [1.54, 1.807) is 24.3 Å². The Hall–Kier alpha value is -4.05. The molecule has 3 aromatic rings. The fourth-order valence-corrected chi connectivity index (χ4v) is 7.42. The predicted molar refractivity (Wildman–Crippen MR) is 168 cm³/mol. The van der Waals surface area contributed by atoms with Crippen molar-refractivity contribution in [3.8, 4) is 0 Å². The summed E-state index contributed by atoms with van der Waals surface area (Å²) in [4.78, 5) is 12.1. The SMILES string of the molecule is O=C(O)N1CCN(S(=O)(=O)CCN/C(=N\S(=O)(=O)c2ccc(F)cc2)N2CC(c3ccccc3)C(c3ccc(Cl)cc3)=N2)CC1. The third-order valence-corrected chi connectivity index (χ3v) is 10.8. The number of benzene rings is 3. The maximum absolute atomic E-state index is 13.5. The fourth-order valence-electron chi connectivity index (χ4n) is 4.98. The second-order valence-electron chi connectivity index (χ2n) is 10.3. The summed E-state index contributed by atoms with van der Waals surface area (Å²) < 4.78 is 71.6. The van der Waals surface area contributed by atoms with E-state index in [9.17, 15) is 26.0 Å². The van der Waals surface area contributed by atoms with Crippen LogP contribution in [-0.4, -0.2) is 98.9 Å². The maximum Gasteiger partial charge on any atom is 0.407 e. The summed E-state index contributed by atoms with van der Waals surface area (Å²) in [5.74, 6) is -1.55. The minimum Gasteiger partial charge on any atom is -0.465 e. The van der Waals surface area contributed by atoms with Crippen molar-refractivity contribution in [3.63, 3.8) is 0 Å². The molecule has 12 nitrogen and oxygen atoms in total. The first-order valence-corrected chi connectivity index (χ1v) is 17.3. The number of piperazine rings is 1. The van der Waals surface area contributed by atoms with Gasteiger partial charge in [0.25, 0.3) is 10.0 Å². The first-order chi connectivity index (χ1) is 21.4. The molecule has 0 saturated carbocycles. The van der Waals surface area contributed by atoms with E-state index in [1.165, 1.54) is 9.31 Å². The summed E-state index contributed by atoms with van der Waals surface area (Å²) in [6, 6.07) is 20.7. The lowest BCUT2D eigenvalue weighted by Crippen LogP contribution is -2.51. The number of hydrazone groups is 1. The molecule has 2 aliphatic rings. The van der Waals surface area contributed by atoms with Crippen molar-refractivity contribution in [1.82, 2.24) is 19.5 Å². The molecule has 5 rings (SSSR count). The van der Waals surface area contributed by atoms with Gasteiger partial charge in [0.2, 0.25) is 16.0 Å². The highest BCUT2D eigenvalue weighted by molar-refractivity contribution is 7.90. The van der Waals surface area contributed by atoms with Crippen molar-refractivity contribution >= 4 is 49.4 Å². The zero-order valence-electron chi connectivity index (χ0n) is 23.8. The maximum atomic E-state index is 13.5. The van der Waals surface area contributed by atoms with Crippen molar-refractivity contribution in [3.05, 3.63) is 101 Å². The van der Waals surface area contributed by atoms with Gasteiger partial charge >= 0.3 is 6.09 Å². The van der Waals surface area contributed by atoms with Crippen LogP contribution in [0.2, 0.25) is 5.02 Å². The average Bonchev–Trinajstić information content (AvgIpc) is 3.47. The van der Waals surface area contributed by atoms with E-state index in [0.717, 1.165) is 40.3 Å². The molecule has 45 heavy (non-hydrogen) atoms. The Balaban J connectivity index is 1.44. The molecule has 2 N–H and O–H groups in total. The molecule has 0 radical (unpaired) electrons. The number of rotatable bonds is 8. The Bertz CT molecular complexity index is 1800. The van der Waals surface area contributed by atoms with Crippen molar-refractivity contribution in [2.24, 2.45) is 9.50 Å². The van der Waals surface area contributed by atoms with E-state index < -0.39 is 37.7 Å². The second-order valence-corrected chi connectivity index (χ2v) is 14.4. The molecule has 1 unspecified atom stereocenters. The van der Waals surface area contributed by atoms with Gasteiger partial charge in [-0.2, -0.15) is 17.8 Å². The minimum absolute atomic E-state index is 0.00809. The molecule has 3 aromatic carbocycles. The summed E-state index contributed by atoms with van der Waals surface area (Å²) in [5, 5.41) is 18.7. The van der Waals surface area contributed by atoms with Crippen molar-refractivity contribution in [2.75, 3.05) is 45.0 Å². The lowest BCUT2D eigenvalue weighted by molar-refractivity contribution is 0.126. The van der Waals surface area contributed by atoms with Crippen molar-refractivity contribution in [2.45, 2.75) is 10.8 Å². The molecular weight excluding hydrogens is 647 g/mol. The third-order valence-electron chi connectivity index (χ3n) is 7.36. The normalized spacial score (nSPS) is 18.1. The first-order valence-electron chi connectivity index (χ1n) is 13.9. The summed E-state index contributed by atoms with van der Waals surface area (Å²) in [6.45, 7) is 0.0550. The Kier molecular flexibility index (Phi) is 9.72. The van der Waals surface area contributed by atoms with E-state index in [2.05, 4.69) is 9.71 Å².